The number of carbonyl (C=O) groups is 1. The zero-order valence-electron chi connectivity index (χ0n) is 20.2. The fourth-order valence-corrected chi connectivity index (χ4v) is 7.56. The number of benzene rings is 2. The molecule has 0 amide bonds. The van der Waals surface area contributed by atoms with Crippen LogP contribution < -0.4 is 0 Å². The quantitative estimate of drug-likeness (QED) is 0.433. The summed E-state index contributed by atoms with van der Waals surface area (Å²) in [5, 5.41) is 0. The highest BCUT2D eigenvalue weighted by atomic mass is 32.2. The average molecular weight is 529 g/mol. The van der Waals surface area contributed by atoms with Gasteiger partial charge in [0.15, 0.2) is 0 Å². The van der Waals surface area contributed by atoms with Crippen molar-refractivity contribution in [1.82, 2.24) is 9.21 Å². The number of ether oxygens (including phenoxy) is 1. The van der Waals surface area contributed by atoms with Crippen molar-refractivity contribution in [3.05, 3.63) is 64.5 Å². The zero-order valence-corrected chi connectivity index (χ0v) is 21.0. The third kappa shape index (κ3) is 5.01. The van der Waals surface area contributed by atoms with E-state index in [0.717, 1.165) is 17.7 Å². The maximum Gasteiger partial charge on any atom is 0.419 e. The molecular formula is C25H28F4N2O4S. The molecule has 196 valence electrons. The lowest BCUT2D eigenvalue weighted by Crippen LogP contribution is -2.58. The smallest absolute Gasteiger partial charge is 0.419 e. The fraction of sp³-hybridized carbons (Fsp3) is 0.480. The van der Waals surface area contributed by atoms with Crippen molar-refractivity contribution in [2.45, 2.75) is 56.4 Å². The molecule has 1 saturated heterocycles. The van der Waals surface area contributed by atoms with Crippen LogP contribution in [0.2, 0.25) is 0 Å². The van der Waals surface area contributed by atoms with Crippen LogP contribution in [0.15, 0.2) is 41.3 Å². The molecule has 0 aromatic heterocycles. The number of hydrogen-bond donors (Lipinski definition) is 0. The fourth-order valence-electron chi connectivity index (χ4n) is 5.47. The molecule has 0 spiro atoms. The van der Waals surface area contributed by atoms with Crippen molar-refractivity contribution in [2.24, 2.45) is 5.92 Å². The largest absolute Gasteiger partial charge is 0.469 e. The molecule has 0 bridgehead atoms. The van der Waals surface area contributed by atoms with Crippen molar-refractivity contribution in [1.29, 1.82) is 0 Å². The summed E-state index contributed by atoms with van der Waals surface area (Å²) in [5.41, 5.74) is 0.518. The molecule has 11 heteroatoms. The first-order chi connectivity index (χ1) is 16.8. The molecule has 36 heavy (non-hydrogen) atoms. The van der Waals surface area contributed by atoms with Crippen molar-refractivity contribution in [2.75, 3.05) is 20.2 Å². The van der Waals surface area contributed by atoms with Gasteiger partial charge in [-0.2, -0.15) is 17.5 Å². The molecule has 0 saturated carbocycles. The van der Waals surface area contributed by atoms with Crippen LogP contribution in [-0.4, -0.2) is 55.9 Å². The van der Waals surface area contributed by atoms with Gasteiger partial charge in [0.25, 0.3) is 0 Å². The van der Waals surface area contributed by atoms with Crippen LogP contribution in [0.1, 0.15) is 36.1 Å². The van der Waals surface area contributed by atoms with E-state index in [4.69, 9.17) is 4.74 Å². The Kier molecular flexibility index (Phi) is 7.20. The standard InChI is InChI=1S/C25H28F4N2O4S/c1-15-12-30(14-17-7-8-21(22(26)9-17)25(27,28)29)13-16(2)31(15)36(33,34)23-6-4-5-18-10-19(11-20(18)23)24(32)35-3/h4-9,15-16,19H,10-14H2,1-3H3/t15-,16+,19?. The van der Waals surface area contributed by atoms with Gasteiger partial charge in [-0.1, -0.05) is 18.2 Å². The number of halogens is 4. The van der Waals surface area contributed by atoms with E-state index < -0.39 is 45.6 Å². The van der Waals surface area contributed by atoms with Crippen LogP contribution in [-0.2, 0) is 45.1 Å². The van der Waals surface area contributed by atoms with Gasteiger partial charge in [0.1, 0.15) is 5.82 Å². The van der Waals surface area contributed by atoms with Gasteiger partial charge in [0.2, 0.25) is 10.0 Å². The van der Waals surface area contributed by atoms with Gasteiger partial charge in [0, 0.05) is 31.7 Å². The first-order valence-corrected chi connectivity index (χ1v) is 13.1. The molecule has 2 aromatic carbocycles. The Bertz CT molecular complexity index is 1250. The van der Waals surface area contributed by atoms with Crippen molar-refractivity contribution in [3.63, 3.8) is 0 Å². The molecule has 1 aliphatic carbocycles. The van der Waals surface area contributed by atoms with Crippen molar-refractivity contribution in [3.8, 4) is 0 Å². The van der Waals surface area contributed by atoms with Crippen LogP contribution in [0, 0.1) is 11.7 Å². The van der Waals surface area contributed by atoms with Gasteiger partial charge in [0.05, 0.1) is 23.5 Å². The van der Waals surface area contributed by atoms with Crippen LogP contribution in [0.4, 0.5) is 17.6 Å². The predicted octanol–water partition coefficient (Wildman–Crippen LogP) is 4.02. The topological polar surface area (TPSA) is 66.9 Å². The number of carbonyl (C=O) groups excluding carboxylic acids is 1. The SMILES string of the molecule is COC(=O)C1Cc2cccc(S(=O)(=O)N3[C@H](C)CN(Cc4ccc(C(F)(F)F)c(F)c4)C[C@@H]3C)c2C1. The van der Waals surface area contributed by atoms with Gasteiger partial charge >= 0.3 is 12.1 Å². The number of fused-ring (bicyclic) bond motifs is 1. The highest BCUT2D eigenvalue weighted by Crippen LogP contribution is 2.36. The zero-order chi connectivity index (χ0) is 26.4. The van der Waals surface area contributed by atoms with Gasteiger partial charge in [-0.15, -0.1) is 0 Å². The molecule has 3 atom stereocenters. The van der Waals surface area contributed by atoms with Crippen molar-refractivity contribution >= 4 is 16.0 Å². The molecule has 0 radical (unpaired) electrons. The van der Waals surface area contributed by atoms with Crippen LogP contribution in [0.25, 0.3) is 0 Å². The number of piperazine rings is 1. The summed E-state index contributed by atoms with van der Waals surface area (Å²) in [4.78, 5) is 14.1. The minimum Gasteiger partial charge on any atom is -0.469 e. The molecule has 1 fully saturated rings. The van der Waals surface area contributed by atoms with Crippen LogP contribution in [0.3, 0.4) is 0 Å². The summed E-state index contributed by atoms with van der Waals surface area (Å²) < 4.78 is 86.5. The van der Waals surface area contributed by atoms with E-state index in [1.165, 1.54) is 17.5 Å². The van der Waals surface area contributed by atoms with Gasteiger partial charge < -0.3 is 4.74 Å². The highest BCUT2D eigenvalue weighted by Gasteiger charge is 2.41. The molecular weight excluding hydrogens is 500 g/mol. The van der Waals surface area contributed by atoms with E-state index >= 15 is 0 Å². The lowest BCUT2D eigenvalue weighted by atomic mass is 10.1. The average Bonchev–Trinajstić information content (AvgIpc) is 3.21. The van der Waals surface area contributed by atoms with Crippen molar-refractivity contribution < 1.29 is 35.5 Å². The molecule has 6 nitrogen and oxygen atoms in total. The van der Waals surface area contributed by atoms with Crippen LogP contribution in [0.5, 0.6) is 0 Å². The highest BCUT2D eigenvalue weighted by molar-refractivity contribution is 7.89. The maximum atomic E-state index is 14.0. The summed E-state index contributed by atoms with van der Waals surface area (Å²) in [6.07, 6.45) is -4.05. The molecule has 4 rings (SSSR count). The Morgan fingerprint density at radius 2 is 1.75 bits per heavy atom. The maximum absolute atomic E-state index is 14.0. The van der Waals surface area contributed by atoms with Gasteiger partial charge in [-0.3, -0.25) is 9.69 Å². The summed E-state index contributed by atoms with van der Waals surface area (Å²) in [7, 11) is -2.59. The summed E-state index contributed by atoms with van der Waals surface area (Å²) in [6, 6.07) is 7.04. The summed E-state index contributed by atoms with van der Waals surface area (Å²) in [5.74, 6) is -2.12. The van der Waals surface area contributed by atoms with Gasteiger partial charge in [-0.25, -0.2) is 12.8 Å². The van der Waals surface area contributed by atoms with Crippen LogP contribution >= 0.6 is 0 Å². The first kappa shape index (κ1) is 26.6. The van der Waals surface area contributed by atoms with Gasteiger partial charge in [-0.05, 0) is 61.6 Å². The minimum atomic E-state index is -4.76. The molecule has 1 aliphatic heterocycles. The Morgan fingerprint density at radius 1 is 1.08 bits per heavy atom. The Morgan fingerprint density at radius 3 is 2.33 bits per heavy atom. The number of rotatable bonds is 5. The number of alkyl halides is 3. The number of sulfonamides is 1. The number of esters is 1. The third-order valence-electron chi connectivity index (χ3n) is 6.90. The lowest BCUT2D eigenvalue weighted by molar-refractivity contribution is -0.145. The van der Waals surface area contributed by atoms with E-state index in [0.29, 0.717) is 37.1 Å². The van der Waals surface area contributed by atoms with E-state index in [2.05, 4.69) is 0 Å². The second kappa shape index (κ2) is 9.75. The van der Waals surface area contributed by atoms with E-state index in [1.807, 2.05) is 11.0 Å². The van der Waals surface area contributed by atoms with E-state index in [1.54, 1.807) is 26.0 Å². The second-order valence-electron chi connectivity index (χ2n) is 9.56. The number of methoxy groups -OCH3 is 1. The molecule has 0 N–H and O–H groups in total. The normalized spacial score (nSPS) is 23.5. The summed E-state index contributed by atoms with van der Waals surface area (Å²) in [6.45, 7) is 4.39. The second-order valence-corrected chi connectivity index (χ2v) is 11.4. The number of nitrogens with zero attached hydrogens (tertiary/aromatic N) is 2. The summed E-state index contributed by atoms with van der Waals surface area (Å²) >= 11 is 0. The first-order valence-electron chi connectivity index (χ1n) is 11.6. The molecule has 1 unspecified atom stereocenters. The molecule has 2 aliphatic rings. The third-order valence-corrected chi connectivity index (χ3v) is 9.11. The lowest BCUT2D eigenvalue weighted by Gasteiger charge is -2.43. The van der Waals surface area contributed by atoms with E-state index in [-0.39, 0.29) is 17.4 Å². The van der Waals surface area contributed by atoms with E-state index in [9.17, 15) is 30.8 Å². The molecule has 1 heterocycles. The monoisotopic (exact) mass is 528 g/mol. The minimum absolute atomic E-state index is 0.184. The Balaban J connectivity index is 1.52. The predicted molar refractivity (Wildman–Crippen MR) is 124 cm³/mol. The Hall–Kier alpha value is -2.50. The molecule has 2 aromatic rings. The Labute approximate surface area is 207 Å². The number of hydrogen-bond acceptors (Lipinski definition) is 5.